The van der Waals surface area contributed by atoms with E-state index in [1.807, 2.05) is 60.7 Å². The Kier molecular flexibility index (Phi) is 9.25. The number of nitrogens with zero attached hydrogens (tertiary/aromatic N) is 4. The number of benzene rings is 9. The van der Waals surface area contributed by atoms with Gasteiger partial charge in [0.2, 0.25) is 0 Å². The predicted octanol–water partition coefficient (Wildman–Crippen LogP) is 16.2. The van der Waals surface area contributed by atoms with Crippen molar-refractivity contribution in [2.45, 2.75) is 47.0 Å². The van der Waals surface area contributed by atoms with Gasteiger partial charge in [-0.1, -0.05) is 114 Å². The molecular formula is C59H48N4. The Hall–Kier alpha value is -7.66. The van der Waals surface area contributed by atoms with Crippen molar-refractivity contribution in [2.24, 2.45) is 10.8 Å². The zero-order valence-electron chi connectivity index (χ0n) is 36.6. The largest absolute Gasteiger partial charge is 0.310 e. The minimum atomic E-state index is -0.406. The zero-order chi connectivity index (χ0) is 43.7. The van der Waals surface area contributed by atoms with Gasteiger partial charge in [-0.2, -0.15) is 10.5 Å². The highest BCUT2D eigenvalue weighted by Crippen LogP contribution is 2.67. The average molecular weight is 813 g/mol. The van der Waals surface area contributed by atoms with E-state index in [-0.39, 0.29) is 10.8 Å². The van der Waals surface area contributed by atoms with Crippen molar-refractivity contribution < 1.29 is 0 Å². The molecular weight excluding hydrogens is 765 g/mol. The summed E-state index contributed by atoms with van der Waals surface area (Å²) >= 11 is 0. The first-order valence-electron chi connectivity index (χ1n) is 21.7. The molecule has 63 heavy (non-hydrogen) atoms. The van der Waals surface area contributed by atoms with Gasteiger partial charge in [-0.25, -0.2) is 0 Å². The molecule has 10 rings (SSSR count). The van der Waals surface area contributed by atoms with Gasteiger partial charge in [-0.3, -0.25) is 0 Å². The smallest absolute Gasteiger partial charge is 0.0991 e. The Morgan fingerprint density at radius 1 is 0.397 bits per heavy atom. The third-order valence-corrected chi connectivity index (χ3v) is 13.3. The van der Waals surface area contributed by atoms with Crippen LogP contribution in [0.4, 0.5) is 34.1 Å². The van der Waals surface area contributed by atoms with E-state index in [4.69, 9.17) is 0 Å². The SMILES string of the molecule is CC(C)(C)C1(C(C)(C)C)c2cc3cc(N(c4ccccc4)c4ccc(C#N)cc4)ccc3cc2-c2c1c1ccc(N(c3ccccc3)c3ccc(C#N)cc3)cc1c1ccccc21. The molecule has 0 amide bonds. The Morgan fingerprint density at radius 3 is 1.38 bits per heavy atom. The minimum absolute atomic E-state index is 0.207. The topological polar surface area (TPSA) is 54.1 Å². The molecule has 0 heterocycles. The summed E-state index contributed by atoms with van der Waals surface area (Å²) in [7, 11) is 0. The second-order valence-corrected chi connectivity index (χ2v) is 18.9. The van der Waals surface area contributed by atoms with E-state index in [0.29, 0.717) is 11.1 Å². The maximum atomic E-state index is 9.63. The molecule has 0 aliphatic heterocycles. The van der Waals surface area contributed by atoms with Gasteiger partial charge < -0.3 is 9.80 Å². The van der Waals surface area contributed by atoms with E-state index >= 15 is 0 Å². The summed E-state index contributed by atoms with van der Waals surface area (Å²) in [5, 5.41) is 26.6. The molecule has 0 unspecified atom stereocenters. The van der Waals surface area contributed by atoms with E-state index < -0.39 is 5.41 Å². The lowest BCUT2D eigenvalue weighted by molar-refractivity contribution is 0.0965. The summed E-state index contributed by atoms with van der Waals surface area (Å²) in [5.74, 6) is 0. The molecule has 4 heteroatoms. The molecule has 0 saturated heterocycles. The fourth-order valence-electron chi connectivity index (χ4n) is 11.2. The third-order valence-electron chi connectivity index (χ3n) is 13.3. The number of nitriles is 2. The molecule has 0 fully saturated rings. The Labute approximate surface area is 370 Å². The second-order valence-electron chi connectivity index (χ2n) is 18.9. The molecule has 0 aromatic heterocycles. The minimum Gasteiger partial charge on any atom is -0.310 e. The van der Waals surface area contributed by atoms with Gasteiger partial charge >= 0.3 is 0 Å². The fourth-order valence-corrected chi connectivity index (χ4v) is 11.2. The summed E-state index contributed by atoms with van der Waals surface area (Å²) in [6.07, 6.45) is 0. The van der Waals surface area contributed by atoms with E-state index in [2.05, 4.69) is 185 Å². The van der Waals surface area contributed by atoms with Crippen LogP contribution in [-0.4, -0.2) is 0 Å². The summed E-state index contributed by atoms with van der Waals surface area (Å²) in [4.78, 5) is 4.57. The summed E-state index contributed by atoms with van der Waals surface area (Å²) in [6, 6.07) is 69.0. The first-order chi connectivity index (χ1) is 30.4. The molecule has 1 aliphatic carbocycles. The molecule has 0 saturated carbocycles. The first-order valence-corrected chi connectivity index (χ1v) is 21.7. The van der Waals surface area contributed by atoms with Crippen LogP contribution in [0.3, 0.4) is 0 Å². The van der Waals surface area contributed by atoms with Crippen LogP contribution in [0.1, 0.15) is 63.8 Å². The van der Waals surface area contributed by atoms with Gasteiger partial charge in [0.05, 0.1) is 23.3 Å². The molecule has 4 nitrogen and oxygen atoms in total. The molecule has 0 spiro atoms. The van der Waals surface area contributed by atoms with Crippen LogP contribution in [0.15, 0.2) is 182 Å². The highest BCUT2D eigenvalue weighted by molar-refractivity contribution is 6.20. The number of hydrogen-bond acceptors (Lipinski definition) is 4. The standard InChI is InChI=1S/C59H48N4/c1-57(2,3)59(58(4,5)6)54-35-42-33-47(62(43-15-9-7-10-16-43)45-26-21-39(37-60)22-27-45)30-25-41(42)34-53(54)55-50-20-14-13-19-49(50)52-36-48(31-32-51(52)56(55)59)63(44-17-11-8-12-18-44)46-28-23-40(38-61)24-29-46/h7-36H,1-6H3. The number of anilines is 6. The highest BCUT2D eigenvalue weighted by atomic mass is 15.1. The molecule has 304 valence electrons. The van der Waals surface area contributed by atoms with Crippen molar-refractivity contribution in [1.29, 1.82) is 10.5 Å². The van der Waals surface area contributed by atoms with Crippen LogP contribution in [0.5, 0.6) is 0 Å². The molecule has 0 bridgehead atoms. The van der Waals surface area contributed by atoms with Crippen molar-refractivity contribution in [2.75, 3.05) is 9.80 Å². The van der Waals surface area contributed by atoms with Gasteiger partial charge in [0.25, 0.3) is 0 Å². The number of fused-ring (bicyclic) bond motifs is 9. The molecule has 0 atom stereocenters. The van der Waals surface area contributed by atoms with Gasteiger partial charge in [0.15, 0.2) is 0 Å². The summed E-state index contributed by atoms with van der Waals surface area (Å²) in [6.45, 7) is 14.6. The monoisotopic (exact) mass is 812 g/mol. The van der Waals surface area contributed by atoms with Crippen LogP contribution >= 0.6 is 0 Å². The van der Waals surface area contributed by atoms with Crippen molar-refractivity contribution in [1.82, 2.24) is 0 Å². The normalized spacial score (nSPS) is 13.0. The summed E-state index contributed by atoms with van der Waals surface area (Å²) in [5.41, 5.74) is 12.0. The van der Waals surface area contributed by atoms with Gasteiger partial charge in [0, 0.05) is 39.5 Å². The van der Waals surface area contributed by atoms with Crippen LogP contribution in [0.2, 0.25) is 0 Å². The quantitative estimate of drug-likeness (QED) is 0.157. The van der Waals surface area contributed by atoms with Crippen molar-refractivity contribution in [3.63, 3.8) is 0 Å². The molecule has 9 aromatic rings. The number of para-hydroxylation sites is 2. The molecule has 9 aromatic carbocycles. The Balaban J connectivity index is 1.24. The van der Waals surface area contributed by atoms with Crippen molar-refractivity contribution in [3.05, 3.63) is 204 Å². The van der Waals surface area contributed by atoms with E-state index in [9.17, 15) is 10.5 Å². The zero-order valence-corrected chi connectivity index (χ0v) is 36.6. The maximum absolute atomic E-state index is 9.63. The fraction of sp³-hybridized carbons (Fsp3) is 0.153. The van der Waals surface area contributed by atoms with Crippen molar-refractivity contribution in [3.8, 4) is 23.3 Å². The highest BCUT2D eigenvalue weighted by Gasteiger charge is 2.58. The van der Waals surface area contributed by atoms with Crippen LogP contribution in [0.25, 0.3) is 43.4 Å². The van der Waals surface area contributed by atoms with Crippen LogP contribution in [-0.2, 0) is 5.41 Å². The average Bonchev–Trinajstić information content (AvgIpc) is 3.62. The van der Waals surface area contributed by atoms with Crippen LogP contribution < -0.4 is 9.80 Å². The summed E-state index contributed by atoms with van der Waals surface area (Å²) < 4.78 is 0. The number of rotatable bonds is 6. The molecule has 0 N–H and O–H groups in total. The number of hydrogen-bond donors (Lipinski definition) is 0. The van der Waals surface area contributed by atoms with Crippen molar-refractivity contribution >= 4 is 66.4 Å². The van der Waals surface area contributed by atoms with Crippen LogP contribution in [0, 0.1) is 33.5 Å². The molecule has 0 radical (unpaired) electrons. The van der Waals surface area contributed by atoms with Gasteiger partial charge in [-0.05, 0) is 175 Å². The van der Waals surface area contributed by atoms with Gasteiger partial charge in [-0.15, -0.1) is 0 Å². The maximum Gasteiger partial charge on any atom is 0.0991 e. The predicted molar refractivity (Wildman–Crippen MR) is 263 cm³/mol. The molecule has 1 aliphatic rings. The van der Waals surface area contributed by atoms with E-state index in [1.165, 1.54) is 54.6 Å². The van der Waals surface area contributed by atoms with Gasteiger partial charge in [0.1, 0.15) is 0 Å². The Morgan fingerprint density at radius 2 is 0.857 bits per heavy atom. The first kappa shape index (κ1) is 39.5. The second kappa shape index (κ2) is 14.8. The third kappa shape index (κ3) is 6.17. The van der Waals surface area contributed by atoms with E-state index in [1.54, 1.807) is 0 Å². The lowest BCUT2D eigenvalue weighted by atomic mass is 9.49. The Bertz CT molecular complexity index is 3290. The lowest BCUT2D eigenvalue weighted by Crippen LogP contribution is -2.50. The van der Waals surface area contributed by atoms with E-state index in [0.717, 1.165) is 34.1 Å². The lowest BCUT2D eigenvalue weighted by Gasteiger charge is -2.53.